The molecule has 2 rings (SSSR count). The summed E-state index contributed by atoms with van der Waals surface area (Å²) in [5.41, 5.74) is 6.77. The lowest BCUT2D eigenvalue weighted by molar-refractivity contribution is 0.372. The summed E-state index contributed by atoms with van der Waals surface area (Å²) in [6, 6.07) is 2.82. The molecule has 7 nitrogen and oxygen atoms in total. The first-order valence-electron chi connectivity index (χ1n) is 5.64. The monoisotopic (exact) mass is 316 g/mol. The van der Waals surface area contributed by atoms with E-state index >= 15 is 0 Å². The molecule has 0 aliphatic rings. The van der Waals surface area contributed by atoms with Crippen LogP contribution in [0.25, 0.3) is 0 Å². The Labute approximate surface area is 121 Å². The molecule has 0 radical (unpaired) electrons. The number of hydrogen-bond acceptors (Lipinski definition) is 6. The lowest BCUT2D eigenvalue weighted by Crippen LogP contribution is -2.24. The van der Waals surface area contributed by atoms with Gasteiger partial charge in [-0.2, -0.15) is 4.98 Å². The van der Waals surface area contributed by atoms with Gasteiger partial charge in [-0.1, -0.05) is 16.8 Å². The summed E-state index contributed by atoms with van der Waals surface area (Å²) in [6.07, 6.45) is 0. The normalized spacial score (nSPS) is 11.8. The van der Waals surface area contributed by atoms with Gasteiger partial charge in [0.2, 0.25) is 15.9 Å². The molecule has 0 aliphatic carbocycles. The van der Waals surface area contributed by atoms with Gasteiger partial charge < -0.3 is 10.3 Å². The number of sulfonamides is 1. The summed E-state index contributed by atoms with van der Waals surface area (Å²) >= 11 is 5.95. The zero-order valence-corrected chi connectivity index (χ0v) is 12.4. The Kier molecular flexibility index (Phi) is 3.98. The van der Waals surface area contributed by atoms with Crippen LogP contribution in [0.5, 0.6) is 0 Å². The molecular formula is C11H13ClN4O3S. The Morgan fingerprint density at radius 2 is 2.10 bits per heavy atom. The number of nitrogens with one attached hydrogen (secondary N) is 1. The molecule has 108 valence electrons. The molecule has 0 atom stereocenters. The molecule has 1 heterocycles. The summed E-state index contributed by atoms with van der Waals surface area (Å²) in [7, 11) is -3.81. The van der Waals surface area contributed by atoms with Crippen molar-refractivity contribution in [3.63, 3.8) is 0 Å². The number of halogens is 1. The Balaban J connectivity index is 2.24. The van der Waals surface area contributed by atoms with Crippen molar-refractivity contribution in [3.05, 3.63) is 34.4 Å². The van der Waals surface area contributed by atoms with Gasteiger partial charge in [0.1, 0.15) is 4.90 Å². The summed E-state index contributed by atoms with van der Waals surface area (Å²) in [5, 5.41) is 3.67. The number of anilines is 1. The van der Waals surface area contributed by atoms with E-state index in [4.69, 9.17) is 21.9 Å². The fourth-order valence-electron chi connectivity index (χ4n) is 1.52. The van der Waals surface area contributed by atoms with Gasteiger partial charge in [-0.25, -0.2) is 13.1 Å². The SMILES string of the molecule is Cc1noc(CNS(=O)(=O)c2cc(N)c(C)cc2Cl)n1. The smallest absolute Gasteiger partial charge is 0.242 e. The van der Waals surface area contributed by atoms with E-state index in [9.17, 15) is 8.42 Å². The van der Waals surface area contributed by atoms with Crippen LogP contribution in [-0.2, 0) is 16.6 Å². The first-order chi connectivity index (χ1) is 9.29. The maximum atomic E-state index is 12.2. The number of benzene rings is 1. The molecule has 0 unspecified atom stereocenters. The van der Waals surface area contributed by atoms with Gasteiger partial charge in [0, 0.05) is 5.69 Å². The van der Waals surface area contributed by atoms with E-state index in [1.165, 1.54) is 12.1 Å². The van der Waals surface area contributed by atoms with Crippen LogP contribution in [0.2, 0.25) is 5.02 Å². The predicted molar refractivity (Wildman–Crippen MR) is 73.7 cm³/mol. The molecule has 0 aliphatic heterocycles. The third kappa shape index (κ3) is 3.09. The molecule has 0 amide bonds. The topological polar surface area (TPSA) is 111 Å². The standard InChI is InChI=1S/C11H13ClN4O3S/c1-6-3-8(12)10(4-9(6)13)20(17,18)14-5-11-15-7(2)16-19-11/h3-4,14H,5,13H2,1-2H3. The number of aromatic nitrogens is 2. The highest BCUT2D eigenvalue weighted by Crippen LogP contribution is 2.26. The molecule has 2 aromatic rings. The molecule has 3 N–H and O–H groups in total. The molecule has 0 spiro atoms. The number of hydrogen-bond donors (Lipinski definition) is 2. The van der Waals surface area contributed by atoms with Crippen molar-refractivity contribution in [2.24, 2.45) is 0 Å². The van der Waals surface area contributed by atoms with Gasteiger partial charge in [-0.3, -0.25) is 0 Å². The van der Waals surface area contributed by atoms with Crippen LogP contribution in [0, 0.1) is 13.8 Å². The second kappa shape index (κ2) is 5.39. The van der Waals surface area contributed by atoms with E-state index in [0.717, 1.165) is 0 Å². The molecule has 0 bridgehead atoms. The fourth-order valence-corrected chi connectivity index (χ4v) is 3.11. The Bertz CT molecular complexity index is 742. The fraction of sp³-hybridized carbons (Fsp3) is 0.273. The quantitative estimate of drug-likeness (QED) is 0.825. The Morgan fingerprint density at radius 3 is 2.70 bits per heavy atom. The second-order valence-electron chi connectivity index (χ2n) is 4.20. The first-order valence-corrected chi connectivity index (χ1v) is 7.50. The van der Waals surface area contributed by atoms with Crippen molar-refractivity contribution in [1.82, 2.24) is 14.9 Å². The maximum Gasteiger partial charge on any atom is 0.242 e. The van der Waals surface area contributed by atoms with E-state index in [2.05, 4.69) is 14.9 Å². The minimum Gasteiger partial charge on any atom is -0.398 e. The van der Waals surface area contributed by atoms with Crippen molar-refractivity contribution < 1.29 is 12.9 Å². The summed E-state index contributed by atoms with van der Waals surface area (Å²) < 4.78 is 31.5. The first kappa shape index (κ1) is 14.8. The van der Waals surface area contributed by atoms with Crippen LogP contribution in [-0.4, -0.2) is 18.6 Å². The Hall–Kier alpha value is -1.64. The Morgan fingerprint density at radius 1 is 1.40 bits per heavy atom. The number of nitrogen functional groups attached to an aromatic ring is 1. The third-order valence-corrected chi connectivity index (χ3v) is 4.46. The molecule has 0 fully saturated rings. The molecule has 20 heavy (non-hydrogen) atoms. The van der Waals surface area contributed by atoms with Crippen LogP contribution < -0.4 is 10.5 Å². The molecule has 0 saturated heterocycles. The zero-order chi connectivity index (χ0) is 14.9. The van der Waals surface area contributed by atoms with Gasteiger partial charge in [-0.05, 0) is 31.5 Å². The van der Waals surface area contributed by atoms with Crippen molar-refractivity contribution >= 4 is 27.3 Å². The van der Waals surface area contributed by atoms with Crippen molar-refractivity contribution in [2.75, 3.05) is 5.73 Å². The molecular weight excluding hydrogens is 304 g/mol. The lowest BCUT2D eigenvalue weighted by Gasteiger charge is -2.09. The minimum absolute atomic E-state index is 0.0847. The van der Waals surface area contributed by atoms with Crippen LogP contribution in [0.15, 0.2) is 21.6 Å². The van der Waals surface area contributed by atoms with Gasteiger partial charge in [0.25, 0.3) is 0 Å². The average Bonchev–Trinajstić information content (AvgIpc) is 2.77. The van der Waals surface area contributed by atoms with Crippen LogP contribution in [0.1, 0.15) is 17.3 Å². The minimum atomic E-state index is -3.81. The molecule has 1 aromatic heterocycles. The highest BCUT2D eigenvalue weighted by Gasteiger charge is 2.20. The molecule has 0 saturated carbocycles. The molecule has 1 aromatic carbocycles. The van der Waals surface area contributed by atoms with Gasteiger partial charge in [-0.15, -0.1) is 0 Å². The zero-order valence-electron chi connectivity index (χ0n) is 10.8. The second-order valence-corrected chi connectivity index (χ2v) is 6.34. The number of rotatable bonds is 4. The van der Waals surface area contributed by atoms with Crippen LogP contribution >= 0.6 is 11.6 Å². The maximum absolute atomic E-state index is 12.2. The average molecular weight is 317 g/mol. The predicted octanol–water partition coefficient (Wildman–Crippen LogP) is 1.40. The van der Waals surface area contributed by atoms with Crippen LogP contribution in [0.4, 0.5) is 5.69 Å². The lowest BCUT2D eigenvalue weighted by atomic mass is 10.2. The van der Waals surface area contributed by atoms with Crippen molar-refractivity contribution in [3.8, 4) is 0 Å². The highest BCUT2D eigenvalue weighted by atomic mass is 35.5. The van der Waals surface area contributed by atoms with E-state index < -0.39 is 10.0 Å². The van der Waals surface area contributed by atoms with E-state index in [0.29, 0.717) is 17.1 Å². The van der Waals surface area contributed by atoms with Gasteiger partial charge in [0.05, 0.1) is 11.6 Å². The summed E-state index contributed by atoms with van der Waals surface area (Å²) in [5.74, 6) is 0.596. The van der Waals surface area contributed by atoms with Crippen molar-refractivity contribution in [1.29, 1.82) is 0 Å². The molecule has 9 heteroatoms. The van der Waals surface area contributed by atoms with Crippen molar-refractivity contribution in [2.45, 2.75) is 25.3 Å². The number of nitrogens with two attached hydrogens (primary N) is 1. The summed E-state index contributed by atoms with van der Waals surface area (Å²) in [4.78, 5) is 3.81. The van der Waals surface area contributed by atoms with Gasteiger partial charge >= 0.3 is 0 Å². The largest absolute Gasteiger partial charge is 0.398 e. The van der Waals surface area contributed by atoms with E-state index in [1.54, 1.807) is 13.8 Å². The number of aryl methyl sites for hydroxylation is 2. The van der Waals surface area contributed by atoms with E-state index in [1.807, 2.05) is 0 Å². The number of nitrogens with zero attached hydrogens (tertiary/aromatic N) is 2. The van der Waals surface area contributed by atoms with Gasteiger partial charge in [0.15, 0.2) is 5.82 Å². The van der Waals surface area contributed by atoms with Crippen LogP contribution in [0.3, 0.4) is 0 Å². The van der Waals surface area contributed by atoms with E-state index in [-0.39, 0.29) is 22.4 Å². The highest BCUT2D eigenvalue weighted by molar-refractivity contribution is 7.89. The summed E-state index contributed by atoms with van der Waals surface area (Å²) in [6.45, 7) is 3.26. The third-order valence-electron chi connectivity index (χ3n) is 2.59.